The highest BCUT2D eigenvalue weighted by molar-refractivity contribution is 7.47. The van der Waals surface area contributed by atoms with Crippen LogP contribution in [0.1, 0.15) is 162 Å². The van der Waals surface area contributed by atoms with E-state index in [0.717, 1.165) is 96.3 Å². The second-order valence-electron chi connectivity index (χ2n) is 14.0. The number of phosphoric ester groups is 1. The Balaban J connectivity index is 4.26. The quantitative estimate of drug-likeness (QED) is 0.0240. The van der Waals surface area contributed by atoms with Gasteiger partial charge in [0.25, 0.3) is 0 Å². The van der Waals surface area contributed by atoms with E-state index in [0.29, 0.717) is 13.0 Å². The second kappa shape index (κ2) is 41.5. The molecule has 0 saturated heterocycles. The first-order valence-electron chi connectivity index (χ1n) is 21.4. The number of allylic oxidation sites excluding steroid dienone is 12. The van der Waals surface area contributed by atoms with Crippen molar-refractivity contribution in [2.24, 2.45) is 0 Å². The van der Waals surface area contributed by atoms with Crippen molar-refractivity contribution in [2.45, 2.75) is 174 Å². The number of phosphoric acid groups is 1. The monoisotopic (exact) mass is 795 g/mol. The molecule has 0 aromatic heterocycles. The Morgan fingerprint density at radius 3 is 1.58 bits per heavy atom. The molecule has 3 unspecified atom stereocenters. The number of carbonyl (C=O) groups is 1. The number of aliphatic hydroxyl groups excluding tert-OH is 2. The van der Waals surface area contributed by atoms with Gasteiger partial charge in [-0.25, -0.2) is 4.57 Å². The number of unbranched alkanes of at least 4 members (excludes halogenated alkanes) is 14. The molecule has 0 aliphatic rings. The van der Waals surface area contributed by atoms with Gasteiger partial charge < -0.3 is 24.6 Å². The third-order valence-corrected chi connectivity index (χ3v) is 9.58. The molecule has 3 N–H and O–H groups in total. The molecule has 0 aliphatic carbocycles. The first kappa shape index (κ1) is 52.9. The fourth-order valence-corrected chi connectivity index (χ4v) is 6.16. The highest BCUT2D eigenvalue weighted by atomic mass is 31.2. The van der Waals surface area contributed by atoms with Crippen molar-refractivity contribution in [3.63, 3.8) is 0 Å². The Hall–Kier alpha value is -2.10. The standard InChI is InChI=1S/C45H79O9P/c1-3-5-7-9-11-13-15-17-19-20-21-22-23-24-26-28-30-32-34-36-38-51-41-44(42-53-55(49,50)52-40-43(47)39-46)54-45(48)37-35-33-31-29-27-25-18-16-14-12-10-8-6-4-2/h5,7,11,13,16-19,21-22,24,26,43-44,46-47H,3-4,6,8-10,12,14-15,20,23,25,27-42H2,1-2H3,(H,49,50)/b7-5-,13-11-,18-16-,19-17-,22-21-,26-24-. The fraction of sp³-hybridized carbons (Fsp3) is 0.711. The molecule has 0 rings (SSSR count). The van der Waals surface area contributed by atoms with Gasteiger partial charge in [0.1, 0.15) is 12.2 Å². The van der Waals surface area contributed by atoms with Crippen molar-refractivity contribution in [3.05, 3.63) is 72.9 Å². The molecule has 0 amide bonds. The fourth-order valence-electron chi connectivity index (χ4n) is 5.38. The summed E-state index contributed by atoms with van der Waals surface area (Å²) in [6, 6.07) is 0. The molecule has 0 radical (unpaired) electrons. The largest absolute Gasteiger partial charge is 0.472 e. The van der Waals surface area contributed by atoms with Crippen LogP contribution >= 0.6 is 7.82 Å². The SMILES string of the molecule is CC/C=C\C/C=C\C/C=C\C/C=C\C/C=C\CCCCCCOCC(COP(=O)(O)OCC(O)CO)OC(=O)CCCCCCC/C=C\CCCCCCC. The van der Waals surface area contributed by atoms with Crippen LogP contribution in [0.3, 0.4) is 0 Å². The van der Waals surface area contributed by atoms with Gasteiger partial charge in [0.15, 0.2) is 0 Å². The van der Waals surface area contributed by atoms with Crippen LogP contribution in [-0.2, 0) is 27.9 Å². The van der Waals surface area contributed by atoms with Crippen LogP contribution in [0.4, 0.5) is 0 Å². The smallest absolute Gasteiger partial charge is 0.457 e. The van der Waals surface area contributed by atoms with Gasteiger partial charge in [-0.05, 0) is 83.5 Å². The first-order valence-corrected chi connectivity index (χ1v) is 22.9. The van der Waals surface area contributed by atoms with E-state index in [4.69, 9.17) is 23.6 Å². The van der Waals surface area contributed by atoms with Crippen molar-refractivity contribution in [3.8, 4) is 0 Å². The Kier molecular flexibility index (Phi) is 39.9. The molecule has 0 bridgehead atoms. The lowest BCUT2D eigenvalue weighted by molar-refractivity contribution is -0.154. The Morgan fingerprint density at radius 1 is 0.582 bits per heavy atom. The molecule has 55 heavy (non-hydrogen) atoms. The Labute approximate surface area is 335 Å². The zero-order valence-electron chi connectivity index (χ0n) is 34.6. The molecular formula is C45H79O9P. The molecule has 318 valence electrons. The van der Waals surface area contributed by atoms with E-state index >= 15 is 0 Å². The lowest BCUT2D eigenvalue weighted by Gasteiger charge is -2.20. The topological polar surface area (TPSA) is 132 Å². The first-order chi connectivity index (χ1) is 26.8. The van der Waals surface area contributed by atoms with Crippen molar-refractivity contribution < 1.29 is 43.0 Å². The molecule has 0 saturated carbocycles. The van der Waals surface area contributed by atoms with Crippen molar-refractivity contribution in [2.75, 3.05) is 33.0 Å². The van der Waals surface area contributed by atoms with Crippen molar-refractivity contribution in [1.29, 1.82) is 0 Å². The molecule has 0 aromatic carbocycles. The maximum atomic E-state index is 12.6. The minimum Gasteiger partial charge on any atom is -0.457 e. The Morgan fingerprint density at radius 2 is 1.04 bits per heavy atom. The van der Waals surface area contributed by atoms with Crippen LogP contribution in [0, 0.1) is 0 Å². The average molecular weight is 795 g/mol. The lowest BCUT2D eigenvalue weighted by Crippen LogP contribution is -2.29. The number of hydrogen-bond donors (Lipinski definition) is 3. The molecular weight excluding hydrogens is 715 g/mol. The summed E-state index contributed by atoms with van der Waals surface area (Å²) in [4.78, 5) is 22.5. The number of hydrogen-bond acceptors (Lipinski definition) is 8. The summed E-state index contributed by atoms with van der Waals surface area (Å²) in [5.41, 5.74) is 0. The summed E-state index contributed by atoms with van der Waals surface area (Å²) in [5.74, 6) is -0.404. The second-order valence-corrected chi connectivity index (χ2v) is 15.4. The van der Waals surface area contributed by atoms with Crippen LogP contribution in [0.15, 0.2) is 72.9 Å². The summed E-state index contributed by atoms with van der Waals surface area (Å²) in [7, 11) is -4.53. The van der Waals surface area contributed by atoms with Crippen LogP contribution in [-0.4, -0.2) is 66.3 Å². The van der Waals surface area contributed by atoms with Gasteiger partial charge in [-0.1, -0.05) is 145 Å². The van der Waals surface area contributed by atoms with E-state index in [2.05, 4.69) is 86.8 Å². The molecule has 0 fully saturated rings. The van der Waals surface area contributed by atoms with Gasteiger partial charge in [-0.15, -0.1) is 0 Å². The number of ether oxygens (including phenoxy) is 2. The summed E-state index contributed by atoms with van der Waals surface area (Å²) < 4.78 is 33.3. The molecule has 0 aliphatic heterocycles. The van der Waals surface area contributed by atoms with Crippen LogP contribution in [0.2, 0.25) is 0 Å². The van der Waals surface area contributed by atoms with Gasteiger partial charge in [-0.2, -0.15) is 0 Å². The molecule has 0 aromatic rings. The van der Waals surface area contributed by atoms with E-state index in [9.17, 15) is 19.4 Å². The summed E-state index contributed by atoms with van der Waals surface area (Å²) in [6.45, 7) is 3.30. The highest BCUT2D eigenvalue weighted by Gasteiger charge is 2.26. The number of aliphatic hydroxyl groups is 2. The zero-order chi connectivity index (χ0) is 40.3. The molecule has 0 spiro atoms. The zero-order valence-corrected chi connectivity index (χ0v) is 35.5. The minimum absolute atomic E-state index is 0.0251. The molecule has 9 nitrogen and oxygen atoms in total. The average Bonchev–Trinajstić information content (AvgIpc) is 3.18. The normalized spacial score (nSPS) is 14.8. The van der Waals surface area contributed by atoms with Crippen molar-refractivity contribution >= 4 is 13.8 Å². The number of esters is 1. The molecule has 10 heteroatoms. The maximum absolute atomic E-state index is 12.6. The maximum Gasteiger partial charge on any atom is 0.472 e. The highest BCUT2D eigenvalue weighted by Crippen LogP contribution is 2.43. The summed E-state index contributed by atoms with van der Waals surface area (Å²) in [6.07, 6.45) is 48.6. The number of rotatable bonds is 40. The van der Waals surface area contributed by atoms with Gasteiger partial charge >= 0.3 is 13.8 Å². The predicted molar refractivity (Wildman–Crippen MR) is 228 cm³/mol. The van der Waals surface area contributed by atoms with Gasteiger partial charge in [-0.3, -0.25) is 13.8 Å². The third-order valence-electron chi connectivity index (χ3n) is 8.63. The van der Waals surface area contributed by atoms with E-state index in [1.807, 2.05) is 0 Å². The van der Waals surface area contributed by atoms with Crippen LogP contribution in [0.25, 0.3) is 0 Å². The summed E-state index contributed by atoms with van der Waals surface area (Å²) >= 11 is 0. The van der Waals surface area contributed by atoms with Crippen LogP contribution in [0.5, 0.6) is 0 Å². The third kappa shape index (κ3) is 41.4. The van der Waals surface area contributed by atoms with Gasteiger partial charge in [0.2, 0.25) is 0 Å². The van der Waals surface area contributed by atoms with E-state index < -0.39 is 45.8 Å². The van der Waals surface area contributed by atoms with Crippen LogP contribution < -0.4 is 0 Å². The summed E-state index contributed by atoms with van der Waals surface area (Å²) in [5, 5.41) is 18.3. The number of carbonyl (C=O) groups excluding carboxylic acids is 1. The molecule has 3 atom stereocenters. The van der Waals surface area contributed by atoms with Gasteiger partial charge in [0, 0.05) is 13.0 Å². The van der Waals surface area contributed by atoms with Crippen molar-refractivity contribution in [1.82, 2.24) is 0 Å². The van der Waals surface area contributed by atoms with E-state index in [1.54, 1.807) is 0 Å². The Bertz CT molecular complexity index is 1080. The van der Waals surface area contributed by atoms with E-state index in [-0.39, 0.29) is 13.0 Å². The van der Waals surface area contributed by atoms with Gasteiger partial charge in [0.05, 0.1) is 26.4 Å². The molecule has 0 heterocycles. The van der Waals surface area contributed by atoms with E-state index in [1.165, 1.54) is 38.5 Å². The minimum atomic E-state index is -4.53. The predicted octanol–water partition coefficient (Wildman–Crippen LogP) is 11.8. The lowest BCUT2D eigenvalue weighted by atomic mass is 10.1.